The van der Waals surface area contributed by atoms with Crippen LogP contribution in [0.2, 0.25) is 0 Å². The van der Waals surface area contributed by atoms with Gasteiger partial charge in [-0.05, 0) is 20.8 Å². The molecule has 1 atom stereocenters. The topological polar surface area (TPSA) is 46.2 Å². The van der Waals surface area contributed by atoms with Crippen LogP contribution in [0.25, 0.3) is 0 Å². The Labute approximate surface area is 80.8 Å². The van der Waals surface area contributed by atoms with Crippen LogP contribution in [0.15, 0.2) is 0 Å². The third-order valence-electron chi connectivity index (χ3n) is 1.88. The predicted molar refractivity (Wildman–Crippen MR) is 55.2 cm³/mol. The standard InChI is InChI=1S/C9H17NO2S/c1-5-6-10-7-9(4)13(11,12)8(2)3/h1,8-10H,6-7H2,2-4H3. The number of rotatable bonds is 5. The van der Waals surface area contributed by atoms with Gasteiger partial charge >= 0.3 is 0 Å². The molecule has 0 bridgehead atoms. The van der Waals surface area contributed by atoms with Gasteiger partial charge in [-0.3, -0.25) is 0 Å². The molecule has 0 aromatic carbocycles. The normalized spacial score (nSPS) is 14.1. The summed E-state index contributed by atoms with van der Waals surface area (Å²) in [6.45, 7) is 5.90. The molecule has 0 saturated carbocycles. The van der Waals surface area contributed by atoms with E-state index < -0.39 is 9.84 Å². The molecule has 0 saturated heterocycles. The van der Waals surface area contributed by atoms with E-state index in [0.717, 1.165) is 0 Å². The van der Waals surface area contributed by atoms with Crippen LogP contribution in [0.3, 0.4) is 0 Å². The average Bonchev–Trinajstić information content (AvgIpc) is 2.04. The lowest BCUT2D eigenvalue weighted by Crippen LogP contribution is -2.35. The molecule has 0 spiro atoms. The van der Waals surface area contributed by atoms with Gasteiger partial charge in [0.05, 0.1) is 17.0 Å². The Balaban J connectivity index is 4.13. The summed E-state index contributed by atoms with van der Waals surface area (Å²) in [6, 6.07) is 0. The smallest absolute Gasteiger partial charge is 0.156 e. The number of hydrogen-bond acceptors (Lipinski definition) is 3. The van der Waals surface area contributed by atoms with Crippen LogP contribution < -0.4 is 5.32 Å². The molecule has 1 unspecified atom stereocenters. The van der Waals surface area contributed by atoms with Gasteiger partial charge in [0.2, 0.25) is 0 Å². The first kappa shape index (κ1) is 12.5. The lowest BCUT2D eigenvalue weighted by atomic mass is 10.4. The maximum atomic E-state index is 11.5. The molecule has 0 heterocycles. The van der Waals surface area contributed by atoms with Crippen molar-refractivity contribution >= 4 is 9.84 Å². The van der Waals surface area contributed by atoms with Crippen LogP contribution in [0.1, 0.15) is 20.8 Å². The molecule has 13 heavy (non-hydrogen) atoms. The van der Waals surface area contributed by atoms with E-state index in [1.54, 1.807) is 20.8 Å². The summed E-state index contributed by atoms with van der Waals surface area (Å²) < 4.78 is 23.1. The maximum Gasteiger partial charge on any atom is 0.156 e. The highest BCUT2D eigenvalue weighted by molar-refractivity contribution is 7.92. The zero-order chi connectivity index (χ0) is 10.5. The van der Waals surface area contributed by atoms with Crippen molar-refractivity contribution < 1.29 is 8.42 Å². The fourth-order valence-electron chi connectivity index (χ4n) is 0.928. The third kappa shape index (κ3) is 3.79. The van der Waals surface area contributed by atoms with Crippen molar-refractivity contribution in [3.8, 4) is 12.3 Å². The van der Waals surface area contributed by atoms with E-state index in [0.29, 0.717) is 13.1 Å². The van der Waals surface area contributed by atoms with Gasteiger partial charge in [-0.15, -0.1) is 6.42 Å². The van der Waals surface area contributed by atoms with Crippen molar-refractivity contribution in [2.24, 2.45) is 0 Å². The molecule has 0 aliphatic heterocycles. The molecular weight excluding hydrogens is 186 g/mol. The second-order valence-corrected chi connectivity index (χ2v) is 6.21. The average molecular weight is 203 g/mol. The molecule has 0 aromatic rings. The first-order valence-electron chi connectivity index (χ1n) is 4.29. The van der Waals surface area contributed by atoms with Gasteiger partial charge in [0.1, 0.15) is 0 Å². The number of terminal acetylenes is 1. The fourth-order valence-corrected chi connectivity index (χ4v) is 2.21. The molecule has 0 radical (unpaired) electrons. The minimum atomic E-state index is -2.99. The molecule has 4 heteroatoms. The summed E-state index contributed by atoms with van der Waals surface area (Å²) in [7, 11) is -2.99. The van der Waals surface area contributed by atoms with E-state index in [-0.39, 0.29) is 10.5 Å². The Morgan fingerprint density at radius 2 is 1.92 bits per heavy atom. The lowest BCUT2D eigenvalue weighted by Gasteiger charge is -2.15. The number of sulfone groups is 1. The van der Waals surface area contributed by atoms with Crippen molar-refractivity contribution in [3.05, 3.63) is 0 Å². The highest BCUT2D eigenvalue weighted by Gasteiger charge is 2.23. The second-order valence-electron chi connectivity index (χ2n) is 3.28. The van der Waals surface area contributed by atoms with Gasteiger partial charge in [0.25, 0.3) is 0 Å². The monoisotopic (exact) mass is 203 g/mol. The Morgan fingerprint density at radius 3 is 2.31 bits per heavy atom. The van der Waals surface area contributed by atoms with E-state index in [1.165, 1.54) is 0 Å². The summed E-state index contributed by atoms with van der Waals surface area (Å²) in [4.78, 5) is 0. The first-order chi connectivity index (χ1) is 5.92. The zero-order valence-corrected chi connectivity index (χ0v) is 9.19. The Hall–Kier alpha value is -0.530. The van der Waals surface area contributed by atoms with Crippen molar-refractivity contribution in [1.29, 1.82) is 0 Å². The predicted octanol–water partition coefficient (Wildman–Crippen LogP) is 0.421. The van der Waals surface area contributed by atoms with E-state index in [2.05, 4.69) is 11.2 Å². The van der Waals surface area contributed by atoms with Gasteiger partial charge in [0.15, 0.2) is 9.84 Å². The molecular formula is C9H17NO2S. The molecule has 0 rings (SSSR count). The Kier molecular flexibility index (Phi) is 5.04. The highest BCUT2D eigenvalue weighted by Crippen LogP contribution is 2.07. The summed E-state index contributed by atoms with van der Waals surface area (Å²) in [5.74, 6) is 2.40. The van der Waals surface area contributed by atoms with Crippen LogP contribution in [0, 0.1) is 12.3 Å². The lowest BCUT2D eigenvalue weighted by molar-refractivity contribution is 0.568. The molecule has 0 amide bonds. The summed E-state index contributed by atoms with van der Waals surface area (Å²) in [5.41, 5.74) is 0. The van der Waals surface area contributed by atoms with Crippen molar-refractivity contribution in [2.75, 3.05) is 13.1 Å². The quantitative estimate of drug-likeness (QED) is 0.520. The van der Waals surface area contributed by atoms with Crippen LogP contribution in [0.5, 0.6) is 0 Å². The minimum Gasteiger partial charge on any atom is -0.305 e. The SMILES string of the molecule is C#CCNCC(C)S(=O)(=O)C(C)C. The van der Waals surface area contributed by atoms with Crippen molar-refractivity contribution in [2.45, 2.75) is 31.3 Å². The second kappa shape index (κ2) is 5.25. The van der Waals surface area contributed by atoms with E-state index >= 15 is 0 Å². The first-order valence-corrected chi connectivity index (χ1v) is 5.90. The molecule has 1 N–H and O–H groups in total. The van der Waals surface area contributed by atoms with Gasteiger partial charge in [0, 0.05) is 6.54 Å². The molecule has 76 valence electrons. The van der Waals surface area contributed by atoms with Gasteiger partial charge in [-0.2, -0.15) is 0 Å². The van der Waals surface area contributed by atoms with Crippen LogP contribution in [0.4, 0.5) is 0 Å². The molecule has 0 aliphatic carbocycles. The maximum absolute atomic E-state index is 11.5. The van der Waals surface area contributed by atoms with E-state index in [4.69, 9.17) is 6.42 Å². The van der Waals surface area contributed by atoms with Crippen molar-refractivity contribution in [3.63, 3.8) is 0 Å². The highest BCUT2D eigenvalue weighted by atomic mass is 32.2. The zero-order valence-electron chi connectivity index (χ0n) is 8.37. The van der Waals surface area contributed by atoms with Crippen molar-refractivity contribution in [1.82, 2.24) is 5.32 Å². The van der Waals surface area contributed by atoms with Gasteiger partial charge < -0.3 is 5.32 Å². The van der Waals surface area contributed by atoms with E-state index in [9.17, 15) is 8.42 Å². The number of hydrogen-bond donors (Lipinski definition) is 1. The van der Waals surface area contributed by atoms with Gasteiger partial charge in [-0.1, -0.05) is 5.92 Å². The molecule has 3 nitrogen and oxygen atoms in total. The summed E-state index contributed by atoms with van der Waals surface area (Å²) >= 11 is 0. The van der Waals surface area contributed by atoms with Gasteiger partial charge in [-0.25, -0.2) is 8.42 Å². The van der Waals surface area contributed by atoms with E-state index in [1.807, 2.05) is 0 Å². The Morgan fingerprint density at radius 1 is 1.38 bits per heavy atom. The molecule has 0 aliphatic rings. The number of nitrogens with one attached hydrogen (secondary N) is 1. The Bertz CT molecular complexity index is 274. The summed E-state index contributed by atoms with van der Waals surface area (Å²) in [6.07, 6.45) is 5.02. The molecule has 0 aromatic heterocycles. The molecule has 0 fully saturated rings. The van der Waals surface area contributed by atoms with Crippen LogP contribution >= 0.6 is 0 Å². The fraction of sp³-hybridized carbons (Fsp3) is 0.778. The summed E-state index contributed by atoms with van der Waals surface area (Å²) in [5, 5.41) is 2.18. The third-order valence-corrected chi connectivity index (χ3v) is 4.48. The minimum absolute atomic E-state index is 0.324. The largest absolute Gasteiger partial charge is 0.305 e. The van der Waals surface area contributed by atoms with Crippen LogP contribution in [-0.4, -0.2) is 32.0 Å². The van der Waals surface area contributed by atoms with Crippen LogP contribution in [-0.2, 0) is 9.84 Å².